The third kappa shape index (κ3) is 3.62. The van der Waals surface area contributed by atoms with Crippen molar-refractivity contribution in [1.82, 2.24) is 14.3 Å². The summed E-state index contributed by atoms with van der Waals surface area (Å²) in [6.07, 6.45) is 3.93. The van der Waals surface area contributed by atoms with Crippen LogP contribution in [0.2, 0.25) is 0 Å². The molecule has 0 aliphatic heterocycles. The molecule has 0 saturated carbocycles. The molecule has 0 fully saturated rings. The largest absolute Gasteiger partial charge is 0.395 e. The Morgan fingerprint density at radius 3 is 3.05 bits per heavy atom. The summed E-state index contributed by atoms with van der Waals surface area (Å²) in [7, 11) is 0. The minimum Gasteiger partial charge on any atom is -0.395 e. The molecule has 2 heterocycles. The Balaban J connectivity index is 2.15. The quantitative estimate of drug-likeness (QED) is 0.832. The first-order valence-electron chi connectivity index (χ1n) is 6.53. The van der Waals surface area contributed by atoms with Crippen LogP contribution in [0.4, 0.5) is 0 Å². The molecule has 19 heavy (non-hydrogen) atoms. The fourth-order valence-electron chi connectivity index (χ4n) is 1.99. The summed E-state index contributed by atoms with van der Waals surface area (Å²) in [6.45, 7) is 4.42. The van der Waals surface area contributed by atoms with E-state index >= 15 is 0 Å². The van der Waals surface area contributed by atoms with Crippen LogP contribution in [-0.2, 0) is 6.54 Å². The Bertz CT molecular complexity index is 579. The average Bonchev–Trinajstić information content (AvgIpc) is 2.85. The minimum absolute atomic E-state index is 0.0410. The molecule has 6 heteroatoms. The third-order valence-electron chi connectivity index (χ3n) is 2.99. The van der Waals surface area contributed by atoms with E-state index in [-0.39, 0.29) is 12.2 Å². The van der Waals surface area contributed by atoms with Crippen LogP contribution in [0.25, 0.3) is 4.96 Å². The molecule has 0 spiro atoms. The number of aromatic nitrogens is 2. The van der Waals surface area contributed by atoms with Crippen molar-refractivity contribution < 1.29 is 5.11 Å². The Morgan fingerprint density at radius 2 is 2.32 bits per heavy atom. The van der Waals surface area contributed by atoms with Crippen molar-refractivity contribution in [2.45, 2.75) is 26.3 Å². The van der Waals surface area contributed by atoms with Crippen molar-refractivity contribution in [2.24, 2.45) is 0 Å². The predicted octanol–water partition coefficient (Wildman–Crippen LogP) is 1.35. The van der Waals surface area contributed by atoms with Gasteiger partial charge in [0.15, 0.2) is 4.96 Å². The molecule has 0 aliphatic carbocycles. The van der Waals surface area contributed by atoms with Crippen LogP contribution >= 0.6 is 11.3 Å². The van der Waals surface area contributed by atoms with Gasteiger partial charge in [-0.3, -0.25) is 14.1 Å². The second-order valence-corrected chi connectivity index (χ2v) is 5.37. The van der Waals surface area contributed by atoms with Gasteiger partial charge in [-0.1, -0.05) is 13.3 Å². The number of nitrogens with zero attached hydrogens (tertiary/aromatic N) is 3. The summed E-state index contributed by atoms with van der Waals surface area (Å²) in [5, 5.41) is 10.9. The van der Waals surface area contributed by atoms with Gasteiger partial charge in [-0.05, 0) is 13.0 Å². The molecular formula is C13H19N3O2S. The molecule has 104 valence electrons. The monoisotopic (exact) mass is 281 g/mol. The van der Waals surface area contributed by atoms with Crippen molar-refractivity contribution in [2.75, 3.05) is 19.7 Å². The van der Waals surface area contributed by atoms with Gasteiger partial charge in [-0.25, -0.2) is 4.98 Å². The zero-order chi connectivity index (χ0) is 13.7. The maximum absolute atomic E-state index is 11.9. The van der Waals surface area contributed by atoms with Crippen LogP contribution in [-0.4, -0.2) is 39.1 Å². The number of hydrogen-bond acceptors (Lipinski definition) is 5. The van der Waals surface area contributed by atoms with Crippen molar-refractivity contribution in [3.05, 3.63) is 33.7 Å². The molecule has 1 N–H and O–H groups in total. The van der Waals surface area contributed by atoms with Crippen LogP contribution in [0, 0.1) is 0 Å². The van der Waals surface area contributed by atoms with E-state index in [1.165, 1.54) is 11.3 Å². The number of thiazole rings is 1. The summed E-state index contributed by atoms with van der Waals surface area (Å²) in [6, 6.07) is 1.58. The van der Waals surface area contributed by atoms with E-state index in [9.17, 15) is 4.79 Å². The highest BCUT2D eigenvalue weighted by Crippen LogP contribution is 2.08. The predicted molar refractivity (Wildman–Crippen MR) is 76.6 cm³/mol. The summed E-state index contributed by atoms with van der Waals surface area (Å²) in [5.74, 6) is 0. The second kappa shape index (κ2) is 6.79. The zero-order valence-corrected chi connectivity index (χ0v) is 11.9. The smallest absolute Gasteiger partial charge is 0.258 e. The fourth-order valence-corrected chi connectivity index (χ4v) is 2.73. The van der Waals surface area contributed by atoms with Gasteiger partial charge in [0.25, 0.3) is 5.56 Å². The van der Waals surface area contributed by atoms with Crippen LogP contribution in [0.15, 0.2) is 22.4 Å². The highest BCUT2D eigenvalue weighted by Gasteiger charge is 2.08. The summed E-state index contributed by atoms with van der Waals surface area (Å²) < 4.78 is 1.55. The van der Waals surface area contributed by atoms with Gasteiger partial charge in [0.1, 0.15) is 0 Å². The topological polar surface area (TPSA) is 57.8 Å². The molecule has 0 bridgehead atoms. The van der Waals surface area contributed by atoms with Gasteiger partial charge in [-0.15, -0.1) is 11.3 Å². The molecule has 0 amide bonds. The number of fused-ring (bicyclic) bond motifs is 1. The first-order valence-corrected chi connectivity index (χ1v) is 7.41. The van der Waals surface area contributed by atoms with Crippen LogP contribution in [0.3, 0.4) is 0 Å². The van der Waals surface area contributed by atoms with Gasteiger partial charge in [-0.2, -0.15) is 0 Å². The highest BCUT2D eigenvalue weighted by molar-refractivity contribution is 7.15. The SMILES string of the molecule is CCCCN(CCO)Cc1cc(=O)n2ccsc2n1. The molecule has 2 aromatic heterocycles. The highest BCUT2D eigenvalue weighted by atomic mass is 32.1. The number of aliphatic hydroxyl groups is 1. The Morgan fingerprint density at radius 1 is 1.47 bits per heavy atom. The van der Waals surface area contributed by atoms with E-state index in [0.717, 1.165) is 30.0 Å². The van der Waals surface area contributed by atoms with E-state index in [4.69, 9.17) is 5.11 Å². The summed E-state index contributed by atoms with van der Waals surface area (Å²) >= 11 is 1.46. The van der Waals surface area contributed by atoms with E-state index in [1.807, 2.05) is 5.38 Å². The lowest BCUT2D eigenvalue weighted by molar-refractivity contribution is 0.187. The Kier molecular flexibility index (Phi) is 5.07. The van der Waals surface area contributed by atoms with E-state index in [2.05, 4.69) is 16.8 Å². The molecule has 0 aliphatic rings. The van der Waals surface area contributed by atoms with E-state index < -0.39 is 0 Å². The van der Waals surface area contributed by atoms with Gasteiger partial charge in [0, 0.05) is 30.7 Å². The number of unbranched alkanes of at least 4 members (excludes halogenated alkanes) is 1. The number of hydrogen-bond donors (Lipinski definition) is 1. The average molecular weight is 281 g/mol. The molecule has 5 nitrogen and oxygen atoms in total. The summed E-state index contributed by atoms with van der Waals surface area (Å²) in [4.78, 5) is 19.2. The van der Waals surface area contributed by atoms with Gasteiger partial charge < -0.3 is 5.11 Å². The van der Waals surface area contributed by atoms with Gasteiger partial charge in [0.2, 0.25) is 0 Å². The molecular weight excluding hydrogens is 262 g/mol. The normalized spacial score (nSPS) is 11.5. The maximum Gasteiger partial charge on any atom is 0.258 e. The second-order valence-electron chi connectivity index (χ2n) is 4.49. The summed E-state index contributed by atoms with van der Waals surface area (Å²) in [5.41, 5.74) is 0.734. The maximum atomic E-state index is 11.9. The van der Waals surface area contributed by atoms with Crippen molar-refractivity contribution in [1.29, 1.82) is 0 Å². The van der Waals surface area contributed by atoms with Crippen LogP contribution in [0.1, 0.15) is 25.5 Å². The molecule has 0 unspecified atom stereocenters. The fraction of sp³-hybridized carbons (Fsp3) is 0.538. The molecule has 0 atom stereocenters. The molecule has 0 saturated heterocycles. The van der Waals surface area contributed by atoms with Gasteiger partial charge in [0.05, 0.1) is 12.3 Å². The van der Waals surface area contributed by atoms with Crippen molar-refractivity contribution in [3.63, 3.8) is 0 Å². The molecule has 0 aromatic carbocycles. The molecule has 2 aromatic rings. The van der Waals surface area contributed by atoms with E-state index in [0.29, 0.717) is 13.1 Å². The zero-order valence-electron chi connectivity index (χ0n) is 11.1. The number of aliphatic hydroxyl groups excluding tert-OH is 1. The molecule has 2 rings (SSSR count). The first kappa shape index (κ1) is 14.2. The lowest BCUT2D eigenvalue weighted by atomic mass is 10.3. The first-order chi connectivity index (χ1) is 9.24. The number of rotatable bonds is 7. The lowest BCUT2D eigenvalue weighted by Gasteiger charge is -2.20. The Hall–Kier alpha value is -1.24. The third-order valence-corrected chi connectivity index (χ3v) is 3.74. The lowest BCUT2D eigenvalue weighted by Crippen LogP contribution is -2.29. The van der Waals surface area contributed by atoms with E-state index in [1.54, 1.807) is 16.7 Å². The van der Waals surface area contributed by atoms with Crippen LogP contribution < -0.4 is 5.56 Å². The van der Waals surface area contributed by atoms with Gasteiger partial charge >= 0.3 is 0 Å². The molecule has 0 radical (unpaired) electrons. The van der Waals surface area contributed by atoms with Crippen LogP contribution in [0.5, 0.6) is 0 Å². The van der Waals surface area contributed by atoms with Crippen molar-refractivity contribution in [3.8, 4) is 0 Å². The standard InChI is InChI=1S/C13H19N3O2S/c1-2-3-4-15(5-7-17)10-11-9-12(18)16-6-8-19-13(16)14-11/h6,8-9,17H,2-5,7,10H2,1H3. The Labute approximate surface area is 116 Å². The minimum atomic E-state index is -0.0410. The van der Waals surface area contributed by atoms with Crippen molar-refractivity contribution >= 4 is 16.3 Å².